The van der Waals surface area contributed by atoms with Gasteiger partial charge in [-0.1, -0.05) is 16.8 Å². The van der Waals surface area contributed by atoms with Crippen LogP contribution in [0.1, 0.15) is 23.7 Å². The summed E-state index contributed by atoms with van der Waals surface area (Å²) in [5.41, 5.74) is 1.68. The first-order chi connectivity index (χ1) is 13.0. The Kier molecular flexibility index (Phi) is 4.34. The van der Waals surface area contributed by atoms with Gasteiger partial charge in [-0.3, -0.25) is 4.79 Å². The zero-order chi connectivity index (χ0) is 19.0. The number of hydrogen-bond acceptors (Lipinski definition) is 5. The van der Waals surface area contributed by atoms with Gasteiger partial charge in [0.05, 0.1) is 22.3 Å². The lowest BCUT2D eigenvalue weighted by Gasteiger charge is -2.17. The molecule has 6 nitrogen and oxygen atoms in total. The lowest BCUT2D eigenvalue weighted by Crippen LogP contribution is -2.24. The maximum Gasteiger partial charge on any atom is 0.257 e. The Morgan fingerprint density at radius 3 is 2.74 bits per heavy atom. The molecule has 0 radical (unpaired) electrons. The molecule has 1 aromatic heterocycles. The number of halogens is 2. The summed E-state index contributed by atoms with van der Waals surface area (Å²) in [6, 6.07) is 12.7. The largest absolute Gasteiger partial charge is 0.334 e. The van der Waals surface area contributed by atoms with Gasteiger partial charge in [0.1, 0.15) is 5.82 Å². The van der Waals surface area contributed by atoms with E-state index >= 15 is 0 Å². The number of carbonyl (C=O) groups excluding carboxylic acids is 1. The summed E-state index contributed by atoms with van der Waals surface area (Å²) in [7, 11) is 0. The molecule has 1 aliphatic heterocycles. The van der Waals surface area contributed by atoms with E-state index in [2.05, 4.69) is 10.1 Å². The molecule has 0 N–H and O–H groups in total. The molecule has 134 valence electrons. The quantitative estimate of drug-likeness (QED) is 0.685. The summed E-state index contributed by atoms with van der Waals surface area (Å²) in [6.07, 6.45) is 0.208. The number of hydrogen-bond donors (Lipinski definition) is 0. The van der Waals surface area contributed by atoms with Crippen LogP contribution in [-0.2, 0) is 4.79 Å². The molecule has 1 saturated heterocycles. The van der Waals surface area contributed by atoms with Crippen molar-refractivity contribution in [2.45, 2.75) is 12.3 Å². The van der Waals surface area contributed by atoms with Gasteiger partial charge in [0.25, 0.3) is 5.89 Å². The van der Waals surface area contributed by atoms with Gasteiger partial charge in [0, 0.05) is 24.4 Å². The number of aromatic nitrogens is 2. The van der Waals surface area contributed by atoms with Gasteiger partial charge in [-0.05, 0) is 42.5 Å². The van der Waals surface area contributed by atoms with Crippen molar-refractivity contribution in [1.82, 2.24) is 10.1 Å². The average molecular weight is 383 g/mol. The Labute approximate surface area is 158 Å². The maximum atomic E-state index is 13.2. The smallest absolute Gasteiger partial charge is 0.257 e. The van der Waals surface area contributed by atoms with Crippen molar-refractivity contribution in [3.05, 3.63) is 64.7 Å². The number of anilines is 1. The second-order valence-corrected chi connectivity index (χ2v) is 6.56. The molecule has 1 unspecified atom stereocenters. The summed E-state index contributed by atoms with van der Waals surface area (Å²) in [5.74, 6) is -0.117. The summed E-state index contributed by atoms with van der Waals surface area (Å²) in [6.45, 7) is 0.330. The normalized spacial score (nSPS) is 16.6. The molecule has 0 bridgehead atoms. The molecular formula is C19H12ClFN4O2. The van der Waals surface area contributed by atoms with E-state index in [1.54, 1.807) is 24.3 Å². The highest BCUT2D eigenvalue weighted by molar-refractivity contribution is 6.33. The molecule has 2 aromatic carbocycles. The van der Waals surface area contributed by atoms with Crippen LogP contribution in [0.15, 0.2) is 47.0 Å². The highest BCUT2D eigenvalue weighted by Gasteiger charge is 2.35. The SMILES string of the molecule is N#Cc1ccc(-c2nc(C3CC(=O)N(c4ccc(F)cc4Cl)C3)no2)cc1. The van der Waals surface area contributed by atoms with Crippen molar-refractivity contribution in [2.75, 3.05) is 11.4 Å². The average Bonchev–Trinajstić information content (AvgIpc) is 3.29. The van der Waals surface area contributed by atoms with E-state index < -0.39 is 5.82 Å². The van der Waals surface area contributed by atoms with Crippen molar-refractivity contribution in [3.63, 3.8) is 0 Å². The van der Waals surface area contributed by atoms with Gasteiger partial charge in [-0.15, -0.1) is 0 Å². The number of amides is 1. The van der Waals surface area contributed by atoms with Gasteiger partial charge in [0.2, 0.25) is 5.91 Å². The van der Waals surface area contributed by atoms with Crippen LogP contribution in [-0.4, -0.2) is 22.6 Å². The molecule has 0 aliphatic carbocycles. The Balaban J connectivity index is 1.56. The highest BCUT2D eigenvalue weighted by atomic mass is 35.5. The molecule has 4 rings (SSSR count). The van der Waals surface area contributed by atoms with Crippen LogP contribution in [0.5, 0.6) is 0 Å². The Morgan fingerprint density at radius 1 is 1.26 bits per heavy atom. The molecule has 8 heteroatoms. The van der Waals surface area contributed by atoms with E-state index in [1.165, 1.54) is 23.1 Å². The number of benzene rings is 2. The third-order valence-electron chi connectivity index (χ3n) is 4.39. The molecular weight excluding hydrogens is 371 g/mol. The predicted molar refractivity (Wildman–Crippen MR) is 95.6 cm³/mol. The zero-order valence-corrected chi connectivity index (χ0v) is 14.7. The fraction of sp³-hybridized carbons (Fsp3) is 0.158. The van der Waals surface area contributed by atoms with Crippen molar-refractivity contribution in [2.24, 2.45) is 0 Å². The first-order valence-corrected chi connectivity index (χ1v) is 8.52. The van der Waals surface area contributed by atoms with Crippen LogP contribution in [0.2, 0.25) is 5.02 Å². The Morgan fingerprint density at radius 2 is 2.04 bits per heavy atom. The Bertz CT molecular complexity index is 1060. The molecule has 0 saturated carbocycles. The second-order valence-electron chi connectivity index (χ2n) is 6.15. The molecule has 0 spiro atoms. The van der Waals surface area contributed by atoms with Crippen LogP contribution in [0.4, 0.5) is 10.1 Å². The summed E-state index contributed by atoms with van der Waals surface area (Å²) in [4.78, 5) is 18.3. The first kappa shape index (κ1) is 17.2. The molecule has 2 heterocycles. The minimum atomic E-state index is -0.461. The maximum absolute atomic E-state index is 13.2. The third-order valence-corrected chi connectivity index (χ3v) is 4.70. The van der Waals surface area contributed by atoms with Crippen molar-refractivity contribution < 1.29 is 13.7 Å². The number of nitrogens with zero attached hydrogens (tertiary/aromatic N) is 4. The van der Waals surface area contributed by atoms with Crippen molar-refractivity contribution in [3.8, 4) is 17.5 Å². The molecule has 1 atom stereocenters. The number of rotatable bonds is 3. The van der Waals surface area contributed by atoms with E-state index in [0.29, 0.717) is 35.1 Å². The van der Waals surface area contributed by atoms with E-state index in [-0.39, 0.29) is 23.3 Å². The summed E-state index contributed by atoms with van der Waals surface area (Å²) in [5, 5.41) is 13.0. The van der Waals surface area contributed by atoms with Gasteiger partial charge in [0.15, 0.2) is 5.82 Å². The van der Waals surface area contributed by atoms with Gasteiger partial charge in [-0.2, -0.15) is 10.2 Å². The highest BCUT2D eigenvalue weighted by Crippen LogP contribution is 2.35. The second kappa shape index (κ2) is 6.82. The molecule has 1 aliphatic rings. The monoisotopic (exact) mass is 382 g/mol. The molecule has 1 amide bonds. The van der Waals surface area contributed by atoms with E-state index in [4.69, 9.17) is 21.4 Å². The minimum Gasteiger partial charge on any atom is -0.334 e. The van der Waals surface area contributed by atoms with Crippen LogP contribution < -0.4 is 4.90 Å². The first-order valence-electron chi connectivity index (χ1n) is 8.14. The van der Waals surface area contributed by atoms with Crippen LogP contribution in [0.3, 0.4) is 0 Å². The third kappa shape index (κ3) is 3.27. The lowest BCUT2D eigenvalue weighted by molar-refractivity contribution is -0.117. The van der Waals surface area contributed by atoms with E-state index in [0.717, 1.165) is 0 Å². The molecule has 1 fully saturated rings. The summed E-state index contributed by atoms with van der Waals surface area (Å²) >= 11 is 6.07. The lowest BCUT2D eigenvalue weighted by atomic mass is 10.1. The number of carbonyl (C=O) groups is 1. The predicted octanol–water partition coefficient (Wildman–Crippen LogP) is 3.92. The Hall–Kier alpha value is -3.24. The zero-order valence-electron chi connectivity index (χ0n) is 13.9. The van der Waals surface area contributed by atoms with Gasteiger partial charge < -0.3 is 9.42 Å². The molecule has 3 aromatic rings. The van der Waals surface area contributed by atoms with Crippen molar-refractivity contribution in [1.29, 1.82) is 5.26 Å². The fourth-order valence-corrected chi connectivity index (χ4v) is 3.29. The molecule has 27 heavy (non-hydrogen) atoms. The van der Waals surface area contributed by atoms with Crippen LogP contribution in [0.25, 0.3) is 11.5 Å². The standard InChI is InChI=1S/C19H12ClFN4O2/c20-15-8-14(21)5-6-16(15)25-10-13(7-17(25)26)18-23-19(27-24-18)12-3-1-11(9-22)2-4-12/h1-6,8,13H,7,10H2. The van der Waals surface area contributed by atoms with Crippen LogP contribution >= 0.6 is 11.6 Å². The van der Waals surface area contributed by atoms with Crippen LogP contribution in [0, 0.1) is 17.1 Å². The van der Waals surface area contributed by atoms with Gasteiger partial charge >= 0.3 is 0 Å². The minimum absolute atomic E-state index is 0.141. The summed E-state index contributed by atoms with van der Waals surface area (Å²) < 4.78 is 18.5. The van der Waals surface area contributed by atoms with Gasteiger partial charge in [-0.25, -0.2) is 4.39 Å². The van der Waals surface area contributed by atoms with E-state index in [1.807, 2.05) is 6.07 Å². The van der Waals surface area contributed by atoms with Crippen molar-refractivity contribution >= 4 is 23.2 Å². The number of nitriles is 1. The topological polar surface area (TPSA) is 83.0 Å². The van der Waals surface area contributed by atoms with E-state index in [9.17, 15) is 9.18 Å². The fourth-order valence-electron chi connectivity index (χ4n) is 3.02.